The minimum absolute atomic E-state index is 0.625. The Kier molecular flexibility index (Phi) is 6.48. The van der Waals surface area contributed by atoms with E-state index in [-0.39, 0.29) is 0 Å². The predicted molar refractivity (Wildman–Crippen MR) is 71.5 cm³/mol. The Labute approximate surface area is 105 Å². The van der Waals surface area contributed by atoms with Crippen LogP contribution in [0.4, 0.5) is 0 Å². The van der Waals surface area contributed by atoms with Crippen LogP contribution in [0.5, 0.6) is 0 Å². The first-order valence-electron chi connectivity index (χ1n) is 5.40. The van der Waals surface area contributed by atoms with Gasteiger partial charge in [0.15, 0.2) is 0 Å². The third-order valence-electron chi connectivity index (χ3n) is 2.38. The van der Waals surface area contributed by atoms with E-state index in [1.807, 2.05) is 0 Å². The molecule has 0 aliphatic heterocycles. The number of hydrogen-bond acceptors (Lipinski definition) is 3. The number of thiophene rings is 1. The number of nitrogens with one attached hydrogen (secondary N) is 2. The Balaban J connectivity index is 2.05. The maximum atomic E-state index is 3.52. The maximum Gasteiger partial charge on any atom is 0.0327 e. The van der Waals surface area contributed by atoms with E-state index in [1.165, 1.54) is 15.8 Å². The normalized spacial score (nSPS) is 13.0. The van der Waals surface area contributed by atoms with Gasteiger partial charge in [-0.3, -0.25) is 0 Å². The summed E-state index contributed by atoms with van der Waals surface area (Å²) in [5, 5.41) is 8.99. The molecule has 1 aromatic rings. The zero-order chi connectivity index (χ0) is 11.1. The van der Waals surface area contributed by atoms with Crippen LogP contribution in [0, 0.1) is 0 Å². The molecule has 1 unspecified atom stereocenters. The third kappa shape index (κ3) is 5.11. The Morgan fingerprint density at radius 1 is 1.47 bits per heavy atom. The molecule has 2 N–H and O–H groups in total. The van der Waals surface area contributed by atoms with Crippen molar-refractivity contribution in [3.8, 4) is 0 Å². The second-order valence-corrected chi connectivity index (χ2v) is 5.49. The molecule has 0 aliphatic carbocycles. The van der Waals surface area contributed by atoms with Crippen LogP contribution >= 0.6 is 27.3 Å². The summed E-state index contributed by atoms with van der Waals surface area (Å²) in [6.07, 6.45) is 1.19. The highest BCUT2D eigenvalue weighted by Crippen LogP contribution is 2.21. The Bertz CT molecular complexity index is 275. The van der Waals surface area contributed by atoms with E-state index in [0.717, 1.165) is 19.6 Å². The van der Waals surface area contributed by atoms with Crippen molar-refractivity contribution in [2.45, 2.75) is 32.9 Å². The van der Waals surface area contributed by atoms with Crippen LogP contribution in [0.1, 0.15) is 25.1 Å². The van der Waals surface area contributed by atoms with E-state index in [2.05, 4.69) is 51.9 Å². The van der Waals surface area contributed by atoms with Crippen molar-refractivity contribution in [1.82, 2.24) is 10.6 Å². The number of rotatable bonds is 7. The van der Waals surface area contributed by atoms with Gasteiger partial charge >= 0.3 is 0 Å². The molecule has 0 radical (unpaired) electrons. The monoisotopic (exact) mass is 290 g/mol. The zero-order valence-electron chi connectivity index (χ0n) is 9.35. The van der Waals surface area contributed by atoms with E-state index < -0.39 is 0 Å². The van der Waals surface area contributed by atoms with E-state index in [9.17, 15) is 0 Å². The molecule has 1 aromatic heterocycles. The van der Waals surface area contributed by atoms with E-state index >= 15 is 0 Å². The summed E-state index contributed by atoms with van der Waals surface area (Å²) in [5.74, 6) is 0. The molecule has 0 spiro atoms. The van der Waals surface area contributed by atoms with Crippen LogP contribution in [0.2, 0.25) is 0 Å². The van der Waals surface area contributed by atoms with Crippen molar-refractivity contribution in [3.05, 3.63) is 20.8 Å². The van der Waals surface area contributed by atoms with Gasteiger partial charge in [0.1, 0.15) is 0 Å². The maximum absolute atomic E-state index is 3.52. The summed E-state index contributed by atoms with van der Waals surface area (Å²) in [7, 11) is 0. The lowest BCUT2D eigenvalue weighted by atomic mass is 10.2. The molecule has 86 valence electrons. The third-order valence-corrected chi connectivity index (χ3v) is 4.31. The summed E-state index contributed by atoms with van der Waals surface area (Å²) in [4.78, 5) is 1.37. The Morgan fingerprint density at radius 2 is 2.27 bits per heavy atom. The predicted octanol–water partition coefficient (Wildman–Crippen LogP) is 2.99. The lowest BCUT2D eigenvalue weighted by Gasteiger charge is -2.11. The van der Waals surface area contributed by atoms with Gasteiger partial charge in [-0.15, -0.1) is 11.3 Å². The van der Waals surface area contributed by atoms with Crippen LogP contribution in [-0.2, 0) is 6.54 Å². The molecule has 1 rings (SSSR count). The van der Waals surface area contributed by atoms with Gasteiger partial charge in [0.05, 0.1) is 0 Å². The molecule has 15 heavy (non-hydrogen) atoms. The molecule has 2 nitrogen and oxygen atoms in total. The van der Waals surface area contributed by atoms with Crippen LogP contribution in [-0.4, -0.2) is 19.1 Å². The second-order valence-electron chi connectivity index (χ2n) is 3.63. The lowest BCUT2D eigenvalue weighted by Crippen LogP contribution is -2.32. The fourth-order valence-electron chi connectivity index (χ4n) is 1.20. The van der Waals surface area contributed by atoms with Crippen molar-refractivity contribution in [2.24, 2.45) is 0 Å². The van der Waals surface area contributed by atoms with Crippen molar-refractivity contribution in [2.75, 3.05) is 13.1 Å². The van der Waals surface area contributed by atoms with Crippen molar-refractivity contribution >= 4 is 27.3 Å². The van der Waals surface area contributed by atoms with Crippen LogP contribution in [0.15, 0.2) is 15.9 Å². The fourth-order valence-corrected chi connectivity index (χ4v) is 2.67. The molecule has 0 aromatic carbocycles. The number of hydrogen-bond donors (Lipinski definition) is 2. The van der Waals surface area contributed by atoms with Crippen LogP contribution in [0.25, 0.3) is 0 Å². The minimum atomic E-state index is 0.625. The SMILES string of the molecule is CCC(C)NCCNCc1sccc1Br. The summed E-state index contributed by atoms with van der Waals surface area (Å²) < 4.78 is 1.22. The lowest BCUT2D eigenvalue weighted by molar-refractivity contribution is 0.517. The topological polar surface area (TPSA) is 24.1 Å². The van der Waals surface area contributed by atoms with Gasteiger partial charge in [0.25, 0.3) is 0 Å². The van der Waals surface area contributed by atoms with E-state index in [0.29, 0.717) is 6.04 Å². The first-order chi connectivity index (χ1) is 7.24. The summed E-state index contributed by atoms with van der Waals surface area (Å²) in [6, 6.07) is 2.72. The quantitative estimate of drug-likeness (QED) is 0.755. The van der Waals surface area contributed by atoms with Gasteiger partial charge in [-0.2, -0.15) is 0 Å². The molecular weight excluding hydrogens is 272 g/mol. The highest BCUT2D eigenvalue weighted by Gasteiger charge is 2.00. The van der Waals surface area contributed by atoms with E-state index in [4.69, 9.17) is 0 Å². The Morgan fingerprint density at radius 3 is 2.87 bits per heavy atom. The second kappa shape index (κ2) is 7.39. The first kappa shape index (κ1) is 13.2. The molecule has 0 saturated heterocycles. The van der Waals surface area contributed by atoms with Crippen LogP contribution < -0.4 is 10.6 Å². The number of halogens is 1. The summed E-state index contributed by atoms with van der Waals surface area (Å²) in [6.45, 7) is 7.44. The largest absolute Gasteiger partial charge is 0.313 e. The molecule has 1 atom stereocenters. The highest BCUT2D eigenvalue weighted by molar-refractivity contribution is 9.10. The van der Waals surface area contributed by atoms with Gasteiger partial charge in [0, 0.05) is 35.0 Å². The Hall–Kier alpha value is 0.100. The van der Waals surface area contributed by atoms with Crippen molar-refractivity contribution in [3.63, 3.8) is 0 Å². The van der Waals surface area contributed by atoms with Gasteiger partial charge in [-0.05, 0) is 40.7 Å². The molecule has 0 saturated carbocycles. The molecule has 0 bridgehead atoms. The average Bonchev–Trinajstić information content (AvgIpc) is 2.63. The summed E-state index contributed by atoms with van der Waals surface area (Å²) >= 11 is 5.31. The highest BCUT2D eigenvalue weighted by atomic mass is 79.9. The molecule has 1 heterocycles. The molecule has 0 amide bonds. The molecule has 0 aliphatic rings. The summed E-state index contributed by atoms with van der Waals surface area (Å²) in [5.41, 5.74) is 0. The smallest absolute Gasteiger partial charge is 0.0327 e. The van der Waals surface area contributed by atoms with Gasteiger partial charge in [-0.25, -0.2) is 0 Å². The molecule has 0 fully saturated rings. The zero-order valence-corrected chi connectivity index (χ0v) is 11.7. The first-order valence-corrected chi connectivity index (χ1v) is 7.07. The van der Waals surface area contributed by atoms with Gasteiger partial charge in [0.2, 0.25) is 0 Å². The molecule has 4 heteroatoms. The van der Waals surface area contributed by atoms with Crippen molar-refractivity contribution < 1.29 is 0 Å². The molecular formula is C11H19BrN2S. The van der Waals surface area contributed by atoms with Crippen molar-refractivity contribution in [1.29, 1.82) is 0 Å². The average molecular weight is 291 g/mol. The fraction of sp³-hybridized carbons (Fsp3) is 0.636. The standard InChI is InChI=1S/C11H19BrN2S/c1-3-9(2)14-6-5-13-8-11-10(12)4-7-15-11/h4,7,9,13-14H,3,5-6,8H2,1-2H3. The van der Waals surface area contributed by atoms with Crippen LogP contribution in [0.3, 0.4) is 0 Å². The van der Waals surface area contributed by atoms with Gasteiger partial charge in [-0.1, -0.05) is 6.92 Å². The van der Waals surface area contributed by atoms with E-state index in [1.54, 1.807) is 11.3 Å². The minimum Gasteiger partial charge on any atom is -0.313 e. The van der Waals surface area contributed by atoms with Gasteiger partial charge < -0.3 is 10.6 Å².